The van der Waals surface area contributed by atoms with Crippen molar-refractivity contribution in [1.82, 2.24) is 4.98 Å². The number of nitrogens with zero attached hydrogens (tertiary/aromatic N) is 1. The van der Waals surface area contributed by atoms with Gasteiger partial charge in [-0.15, -0.1) is 11.3 Å². The zero-order valence-corrected chi connectivity index (χ0v) is 14.2. The number of ether oxygens (including phenoxy) is 1. The Bertz CT molecular complexity index is 901. The number of rotatable bonds is 5. The van der Waals surface area contributed by atoms with Crippen molar-refractivity contribution in [2.45, 2.75) is 6.92 Å². The first-order valence-electron chi connectivity index (χ1n) is 7.51. The average molecular weight is 355 g/mol. The lowest BCUT2D eigenvalue weighted by Crippen LogP contribution is -2.14. The van der Waals surface area contributed by atoms with E-state index in [2.05, 4.69) is 4.98 Å². The highest BCUT2D eigenvalue weighted by atomic mass is 32.1. The number of hydrogen-bond donors (Lipinski definition) is 0. The van der Waals surface area contributed by atoms with Gasteiger partial charge in [-0.3, -0.25) is 4.79 Å². The monoisotopic (exact) mass is 355 g/mol. The van der Waals surface area contributed by atoms with Crippen molar-refractivity contribution in [3.8, 4) is 10.6 Å². The molecule has 0 aliphatic rings. The summed E-state index contributed by atoms with van der Waals surface area (Å²) in [4.78, 5) is 28.2. The third-order valence-corrected chi connectivity index (χ3v) is 4.40. The highest BCUT2D eigenvalue weighted by Gasteiger charge is 2.15. The Morgan fingerprint density at radius 3 is 2.44 bits per heavy atom. The van der Waals surface area contributed by atoms with Crippen LogP contribution < -0.4 is 0 Å². The molecule has 0 bridgehead atoms. The molecule has 0 radical (unpaired) electrons. The van der Waals surface area contributed by atoms with E-state index in [9.17, 15) is 14.0 Å². The van der Waals surface area contributed by atoms with Gasteiger partial charge in [-0.25, -0.2) is 14.2 Å². The molecule has 0 unspecified atom stereocenters. The molecule has 3 aromatic rings. The van der Waals surface area contributed by atoms with Crippen LogP contribution in [0.2, 0.25) is 0 Å². The predicted octanol–water partition coefficient (Wildman–Crippen LogP) is 4.30. The van der Waals surface area contributed by atoms with E-state index in [4.69, 9.17) is 4.74 Å². The fourth-order valence-electron chi connectivity index (χ4n) is 2.12. The van der Waals surface area contributed by atoms with Gasteiger partial charge in [0.1, 0.15) is 10.8 Å². The van der Waals surface area contributed by atoms with E-state index in [1.54, 1.807) is 5.38 Å². The highest BCUT2D eigenvalue weighted by Crippen LogP contribution is 2.24. The normalized spacial score (nSPS) is 10.5. The van der Waals surface area contributed by atoms with E-state index < -0.39 is 24.2 Å². The van der Waals surface area contributed by atoms with E-state index in [-0.39, 0.29) is 11.3 Å². The van der Waals surface area contributed by atoms with Gasteiger partial charge >= 0.3 is 5.97 Å². The second-order valence-electron chi connectivity index (χ2n) is 5.41. The molecule has 1 heterocycles. The summed E-state index contributed by atoms with van der Waals surface area (Å²) in [6.45, 7) is 1.58. The van der Waals surface area contributed by atoms with Crippen LogP contribution in [0.5, 0.6) is 0 Å². The Hall–Kier alpha value is -2.86. The zero-order valence-electron chi connectivity index (χ0n) is 13.4. The predicted molar refractivity (Wildman–Crippen MR) is 93.3 cm³/mol. The third kappa shape index (κ3) is 4.16. The number of esters is 1. The molecule has 25 heavy (non-hydrogen) atoms. The zero-order chi connectivity index (χ0) is 17.8. The molecule has 3 rings (SSSR count). The molecule has 0 saturated carbocycles. The fourth-order valence-corrected chi connectivity index (χ4v) is 2.92. The Labute approximate surface area is 147 Å². The molecule has 1 aromatic heterocycles. The summed E-state index contributed by atoms with van der Waals surface area (Å²) < 4.78 is 17.9. The van der Waals surface area contributed by atoms with Crippen molar-refractivity contribution in [2.75, 3.05) is 6.61 Å². The van der Waals surface area contributed by atoms with E-state index in [0.29, 0.717) is 5.01 Å². The summed E-state index contributed by atoms with van der Waals surface area (Å²) in [6, 6.07) is 12.9. The molecule has 0 N–H and O–H groups in total. The van der Waals surface area contributed by atoms with E-state index in [1.807, 2.05) is 31.2 Å². The molecular formula is C19H14FNO3S. The molecule has 126 valence electrons. The molecule has 4 nitrogen and oxygen atoms in total. The summed E-state index contributed by atoms with van der Waals surface area (Å²) in [5.74, 6) is -1.49. The van der Waals surface area contributed by atoms with Crippen LogP contribution in [0, 0.1) is 12.7 Å². The molecule has 0 fully saturated rings. The van der Waals surface area contributed by atoms with Crippen LogP contribution in [0.25, 0.3) is 10.6 Å². The van der Waals surface area contributed by atoms with Crippen molar-refractivity contribution >= 4 is 23.1 Å². The smallest absolute Gasteiger partial charge is 0.358 e. The maximum absolute atomic E-state index is 12.8. The Kier molecular flexibility index (Phi) is 5.00. The third-order valence-electron chi connectivity index (χ3n) is 3.51. The van der Waals surface area contributed by atoms with Gasteiger partial charge in [-0.05, 0) is 31.2 Å². The van der Waals surface area contributed by atoms with Crippen LogP contribution >= 0.6 is 11.3 Å². The number of aryl methyl sites for hydroxylation is 1. The van der Waals surface area contributed by atoms with Gasteiger partial charge in [0.05, 0.1) is 0 Å². The van der Waals surface area contributed by atoms with Gasteiger partial charge in [0.25, 0.3) is 0 Å². The summed E-state index contributed by atoms with van der Waals surface area (Å²) in [5.41, 5.74) is 2.50. The van der Waals surface area contributed by atoms with Crippen LogP contribution in [0.1, 0.15) is 26.4 Å². The highest BCUT2D eigenvalue weighted by molar-refractivity contribution is 7.13. The SMILES string of the molecule is Cc1ccc(-c2nc(C(=O)OCC(=O)c3ccc(F)cc3)cs2)cc1. The van der Waals surface area contributed by atoms with E-state index >= 15 is 0 Å². The number of Topliss-reactive ketones (excluding diaryl/α,β-unsaturated/α-hetero) is 1. The van der Waals surface area contributed by atoms with E-state index in [0.717, 1.165) is 11.1 Å². The van der Waals surface area contributed by atoms with Gasteiger partial charge in [0, 0.05) is 16.5 Å². The molecule has 0 amide bonds. The van der Waals surface area contributed by atoms with Crippen molar-refractivity contribution in [3.05, 3.63) is 76.5 Å². The Balaban J connectivity index is 1.63. The standard InChI is InChI=1S/C19H14FNO3S/c1-12-2-4-14(5-3-12)18-21-16(11-25-18)19(23)24-10-17(22)13-6-8-15(20)9-7-13/h2-9,11H,10H2,1H3. The van der Waals surface area contributed by atoms with Gasteiger partial charge in [-0.1, -0.05) is 29.8 Å². The quantitative estimate of drug-likeness (QED) is 0.506. The molecular weight excluding hydrogens is 341 g/mol. The second kappa shape index (κ2) is 7.36. The minimum absolute atomic E-state index is 0.160. The average Bonchev–Trinajstić information content (AvgIpc) is 3.11. The van der Waals surface area contributed by atoms with Crippen LogP contribution in [0.3, 0.4) is 0 Å². The van der Waals surface area contributed by atoms with Gasteiger partial charge in [0.15, 0.2) is 18.1 Å². The number of thiazole rings is 1. The molecule has 0 spiro atoms. The van der Waals surface area contributed by atoms with Crippen molar-refractivity contribution < 1.29 is 18.7 Å². The lowest BCUT2D eigenvalue weighted by Gasteiger charge is -2.02. The Morgan fingerprint density at radius 1 is 1.08 bits per heavy atom. The summed E-state index contributed by atoms with van der Waals surface area (Å²) in [5, 5.41) is 2.30. The topological polar surface area (TPSA) is 56.3 Å². The molecule has 0 aliphatic carbocycles. The number of carbonyl (C=O) groups is 2. The molecule has 0 aliphatic heterocycles. The number of aromatic nitrogens is 1. The van der Waals surface area contributed by atoms with Crippen LogP contribution in [-0.4, -0.2) is 23.3 Å². The fraction of sp³-hybridized carbons (Fsp3) is 0.105. The van der Waals surface area contributed by atoms with Crippen molar-refractivity contribution in [3.63, 3.8) is 0 Å². The lowest BCUT2D eigenvalue weighted by atomic mass is 10.1. The summed E-state index contributed by atoms with van der Waals surface area (Å²) in [6.07, 6.45) is 0. The molecule has 0 saturated heterocycles. The van der Waals surface area contributed by atoms with Gasteiger partial charge < -0.3 is 4.74 Å². The van der Waals surface area contributed by atoms with Crippen LogP contribution in [0.15, 0.2) is 53.9 Å². The van der Waals surface area contributed by atoms with Crippen molar-refractivity contribution in [1.29, 1.82) is 0 Å². The summed E-state index contributed by atoms with van der Waals surface area (Å²) in [7, 11) is 0. The maximum Gasteiger partial charge on any atom is 0.358 e. The first-order chi connectivity index (χ1) is 12.0. The minimum atomic E-state index is -0.662. The van der Waals surface area contributed by atoms with Crippen LogP contribution in [-0.2, 0) is 4.74 Å². The number of halogens is 1. The Morgan fingerprint density at radius 2 is 1.76 bits per heavy atom. The first kappa shape index (κ1) is 17.0. The number of ketones is 1. The van der Waals surface area contributed by atoms with Gasteiger partial charge in [0.2, 0.25) is 0 Å². The summed E-state index contributed by atoms with van der Waals surface area (Å²) >= 11 is 1.33. The maximum atomic E-state index is 12.8. The minimum Gasteiger partial charge on any atom is -0.453 e. The first-order valence-corrected chi connectivity index (χ1v) is 8.39. The number of carbonyl (C=O) groups excluding carboxylic acids is 2. The van der Waals surface area contributed by atoms with Crippen LogP contribution in [0.4, 0.5) is 4.39 Å². The molecule has 0 atom stereocenters. The number of hydrogen-bond acceptors (Lipinski definition) is 5. The van der Waals surface area contributed by atoms with E-state index in [1.165, 1.54) is 35.6 Å². The van der Waals surface area contributed by atoms with Gasteiger partial charge in [-0.2, -0.15) is 0 Å². The van der Waals surface area contributed by atoms with Crippen molar-refractivity contribution in [2.24, 2.45) is 0 Å². The number of benzene rings is 2. The molecule has 6 heteroatoms. The second-order valence-corrected chi connectivity index (χ2v) is 6.27. The lowest BCUT2D eigenvalue weighted by molar-refractivity contribution is 0.0470. The molecule has 2 aromatic carbocycles. The largest absolute Gasteiger partial charge is 0.453 e.